The zero-order chi connectivity index (χ0) is 18.2. The lowest BCUT2D eigenvalue weighted by atomic mass is 10.1. The van der Waals surface area contributed by atoms with Crippen LogP contribution >= 0.6 is 0 Å². The van der Waals surface area contributed by atoms with Crippen molar-refractivity contribution in [1.29, 1.82) is 0 Å². The van der Waals surface area contributed by atoms with E-state index in [-0.39, 0.29) is 11.8 Å². The zero-order valence-corrected chi connectivity index (χ0v) is 14.5. The number of amides is 1. The van der Waals surface area contributed by atoms with Crippen molar-refractivity contribution in [2.45, 2.75) is 18.9 Å². The summed E-state index contributed by atoms with van der Waals surface area (Å²) in [6.07, 6.45) is 0.396. The molecule has 1 amide bonds. The Morgan fingerprint density at radius 3 is 2.81 bits per heavy atom. The highest BCUT2D eigenvalue weighted by Gasteiger charge is 2.34. The maximum absolute atomic E-state index is 12.4. The minimum absolute atomic E-state index is 0.0658. The van der Waals surface area contributed by atoms with Gasteiger partial charge in [0, 0.05) is 30.8 Å². The fourth-order valence-corrected chi connectivity index (χ4v) is 3.53. The van der Waals surface area contributed by atoms with E-state index in [4.69, 9.17) is 4.52 Å². The van der Waals surface area contributed by atoms with Gasteiger partial charge in [-0.05, 0) is 11.6 Å². The van der Waals surface area contributed by atoms with Gasteiger partial charge in [0.1, 0.15) is 0 Å². The van der Waals surface area contributed by atoms with E-state index in [9.17, 15) is 4.79 Å². The number of hydrogen-bond acceptors (Lipinski definition) is 5. The van der Waals surface area contributed by atoms with Gasteiger partial charge >= 0.3 is 0 Å². The molecule has 1 atom stereocenters. The van der Waals surface area contributed by atoms with Crippen molar-refractivity contribution in [1.82, 2.24) is 25.2 Å². The van der Waals surface area contributed by atoms with Gasteiger partial charge in [-0.3, -0.25) is 9.89 Å². The zero-order valence-electron chi connectivity index (χ0n) is 14.5. The molecule has 0 radical (unpaired) electrons. The number of para-hydroxylation sites is 1. The lowest BCUT2D eigenvalue weighted by Gasteiger charge is -2.15. The van der Waals surface area contributed by atoms with Crippen molar-refractivity contribution >= 4 is 16.8 Å². The van der Waals surface area contributed by atoms with Crippen LogP contribution in [-0.2, 0) is 11.3 Å². The fourth-order valence-electron chi connectivity index (χ4n) is 3.53. The average molecular weight is 359 g/mol. The number of benzene rings is 2. The summed E-state index contributed by atoms with van der Waals surface area (Å²) in [5.41, 5.74) is 2.66. The molecule has 1 aliphatic rings. The van der Waals surface area contributed by atoms with E-state index in [2.05, 4.69) is 20.3 Å². The van der Waals surface area contributed by atoms with E-state index >= 15 is 0 Å². The molecule has 134 valence electrons. The van der Waals surface area contributed by atoms with E-state index < -0.39 is 0 Å². The molecular formula is C20H17N5O2. The number of rotatable bonds is 4. The van der Waals surface area contributed by atoms with Crippen LogP contribution in [0.4, 0.5) is 0 Å². The maximum atomic E-state index is 12.4. The van der Waals surface area contributed by atoms with Gasteiger partial charge in [-0.15, -0.1) is 0 Å². The summed E-state index contributed by atoms with van der Waals surface area (Å²) in [6, 6.07) is 17.8. The first-order valence-corrected chi connectivity index (χ1v) is 8.87. The number of H-pyrrole nitrogens is 1. The van der Waals surface area contributed by atoms with Crippen LogP contribution in [-0.4, -0.2) is 37.7 Å². The Bertz CT molecular complexity index is 1100. The summed E-state index contributed by atoms with van der Waals surface area (Å²) in [5, 5.41) is 12.3. The molecule has 3 heterocycles. The topological polar surface area (TPSA) is 87.9 Å². The summed E-state index contributed by atoms with van der Waals surface area (Å²) >= 11 is 0. The number of hydrogen-bond donors (Lipinski definition) is 1. The molecule has 1 N–H and O–H groups in total. The molecule has 4 aromatic rings. The van der Waals surface area contributed by atoms with Crippen LogP contribution < -0.4 is 0 Å². The molecule has 1 saturated heterocycles. The summed E-state index contributed by atoms with van der Waals surface area (Å²) in [7, 11) is 0. The first kappa shape index (κ1) is 15.7. The molecular weight excluding hydrogens is 342 g/mol. The van der Waals surface area contributed by atoms with Gasteiger partial charge in [-0.25, -0.2) is 0 Å². The van der Waals surface area contributed by atoms with E-state index in [1.54, 1.807) is 0 Å². The second kappa shape index (κ2) is 6.35. The third-order valence-corrected chi connectivity index (χ3v) is 4.91. The van der Waals surface area contributed by atoms with Gasteiger partial charge in [-0.2, -0.15) is 10.1 Å². The lowest BCUT2D eigenvalue weighted by molar-refractivity contribution is -0.128. The molecule has 1 unspecified atom stereocenters. The Hall–Kier alpha value is -3.48. The molecule has 0 spiro atoms. The Morgan fingerprint density at radius 2 is 1.93 bits per heavy atom. The number of aromatic amines is 1. The Labute approximate surface area is 155 Å². The molecule has 2 aromatic carbocycles. The van der Waals surface area contributed by atoms with Crippen molar-refractivity contribution in [2.75, 3.05) is 6.54 Å². The SMILES string of the molecule is O=C1CC(c2noc(-c3n[nH]c4ccccc34)n2)CN1Cc1ccccc1. The largest absolute Gasteiger partial charge is 0.338 e. The monoisotopic (exact) mass is 359 g/mol. The number of nitrogens with zero attached hydrogens (tertiary/aromatic N) is 4. The van der Waals surface area contributed by atoms with Gasteiger partial charge in [-0.1, -0.05) is 53.7 Å². The van der Waals surface area contributed by atoms with Crippen LogP contribution in [0.5, 0.6) is 0 Å². The number of aromatic nitrogens is 4. The Kier molecular flexibility index (Phi) is 3.71. The highest BCUT2D eigenvalue weighted by Crippen LogP contribution is 2.30. The molecule has 1 aliphatic heterocycles. The van der Waals surface area contributed by atoms with Crippen LogP contribution in [0.1, 0.15) is 23.7 Å². The molecule has 2 aromatic heterocycles. The molecule has 0 saturated carbocycles. The molecule has 5 rings (SSSR count). The van der Waals surface area contributed by atoms with Crippen LogP contribution in [0.3, 0.4) is 0 Å². The molecule has 7 heteroatoms. The predicted octanol–water partition coefficient (Wildman–Crippen LogP) is 3.13. The Balaban J connectivity index is 1.36. The Morgan fingerprint density at radius 1 is 1.11 bits per heavy atom. The minimum Gasteiger partial charge on any atom is -0.338 e. The third-order valence-electron chi connectivity index (χ3n) is 4.91. The minimum atomic E-state index is -0.0658. The normalized spacial score (nSPS) is 17.1. The van der Waals surface area contributed by atoms with Crippen molar-refractivity contribution in [3.05, 3.63) is 66.0 Å². The van der Waals surface area contributed by atoms with Crippen molar-refractivity contribution < 1.29 is 9.32 Å². The fraction of sp³-hybridized carbons (Fsp3) is 0.200. The van der Waals surface area contributed by atoms with Gasteiger partial charge in [0.15, 0.2) is 11.5 Å². The predicted molar refractivity (Wildman–Crippen MR) is 98.6 cm³/mol. The highest BCUT2D eigenvalue weighted by molar-refractivity contribution is 5.90. The van der Waals surface area contributed by atoms with Crippen LogP contribution in [0.25, 0.3) is 22.5 Å². The van der Waals surface area contributed by atoms with Gasteiger partial charge in [0.05, 0.1) is 5.52 Å². The molecule has 27 heavy (non-hydrogen) atoms. The van der Waals surface area contributed by atoms with E-state index in [1.165, 1.54) is 0 Å². The van der Waals surface area contributed by atoms with Gasteiger partial charge in [0.2, 0.25) is 5.91 Å². The quantitative estimate of drug-likeness (QED) is 0.605. The second-order valence-electron chi connectivity index (χ2n) is 6.74. The summed E-state index contributed by atoms with van der Waals surface area (Å²) in [5.74, 6) is 0.974. The van der Waals surface area contributed by atoms with E-state index in [0.29, 0.717) is 36.9 Å². The first-order valence-electron chi connectivity index (χ1n) is 8.87. The maximum Gasteiger partial charge on any atom is 0.279 e. The van der Waals surface area contributed by atoms with E-state index in [1.807, 2.05) is 59.5 Å². The average Bonchev–Trinajstić information content (AvgIpc) is 3.41. The van der Waals surface area contributed by atoms with Crippen LogP contribution in [0, 0.1) is 0 Å². The molecule has 0 bridgehead atoms. The van der Waals surface area contributed by atoms with Gasteiger partial charge < -0.3 is 9.42 Å². The number of carbonyl (C=O) groups is 1. The summed E-state index contributed by atoms with van der Waals surface area (Å²) in [4.78, 5) is 18.8. The first-order chi connectivity index (χ1) is 13.3. The molecule has 7 nitrogen and oxygen atoms in total. The third kappa shape index (κ3) is 2.87. The van der Waals surface area contributed by atoms with Crippen molar-refractivity contribution in [2.24, 2.45) is 0 Å². The van der Waals surface area contributed by atoms with Crippen LogP contribution in [0.15, 0.2) is 59.1 Å². The second-order valence-corrected chi connectivity index (χ2v) is 6.74. The van der Waals surface area contributed by atoms with Gasteiger partial charge in [0.25, 0.3) is 5.89 Å². The van der Waals surface area contributed by atoms with Crippen molar-refractivity contribution in [3.63, 3.8) is 0 Å². The van der Waals surface area contributed by atoms with E-state index in [0.717, 1.165) is 16.5 Å². The highest BCUT2D eigenvalue weighted by atomic mass is 16.5. The van der Waals surface area contributed by atoms with Crippen LogP contribution in [0.2, 0.25) is 0 Å². The number of nitrogens with one attached hydrogen (secondary N) is 1. The lowest BCUT2D eigenvalue weighted by Crippen LogP contribution is -2.24. The number of fused-ring (bicyclic) bond motifs is 1. The number of likely N-dealkylation sites (tertiary alicyclic amines) is 1. The molecule has 1 fully saturated rings. The standard InChI is InChI=1S/C20H17N5O2/c26-17-10-14(12-25(17)11-13-6-2-1-3-7-13)19-21-20(27-24-19)18-15-8-4-5-9-16(15)22-23-18/h1-9,14H,10-12H2,(H,22,23). The molecule has 0 aliphatic carbocycles. The number of carbonyl (C=O) groups excluding carboxylic acids is 1. The summed E-state index contributed by atoms with van der Waals surface area (Å²) < 4.78 is 5.44. The summed E-state index contributed by atoms with van der Waals surface area (Å²) in [6.45, 7) is 1.19. The smallest absolute Gasteiger partial charge is 0.279 e. The van der Waals surface area contributed by atoms with Crippen molar-refractivity contribution in [3.8, 4) is 11.6 Å².